The lowest BCUT2D eigenvalue weighted by atomic mass is 9.99. The van der Waals surface area contributed by atoms with Gasteiger partial charge in [0.2, 0.25) is 5.91 Å². The fourth-order valence-corrected chi connectivity index (χ4v) is 3.27. The summed E-state index contributed by atoms with van der Waals surface area (Å²) in [6.07, 6.45) is 2.88. The molecule has 1 aromatic heterocycles. The zero-order chi connectivity index (χ0) is 21.2. The molecule has 0 saturated heterocycles. The molecule has 0 spiro atoms. The predicted molar refractivity (Wildman–Crippen MR) is 101 cm³/mol. The van der Waals surface area contributed by atoms with Crippen LogP contribution < -0.4 is 21.3 Å². The Morgan fingerprint density at radius 2 is 2.00 bits per heavy atom. The van der Waals surface area contributed by atoms with E-state index in [1.54, 1.807) is 24.5 Å². The van der Waals surface area contributed by atoms with Gasteiger partial charge < -0.3 is 21.3 Å². The minimum absolute atomic E-state index is 0.137. The fourth-order valence-electron chi connectivity index (χ4n) is 2.84. The second kappa shape index (κ2) is 8.15. The number of rotatable bonds is 6. The standard InChI is InChI=1S/C17H18F3N5O3S/c1-9(16(26)24-8-17(18,19)20)25-11-2-10(4-21-5-11)14-7-23-15-13(14)3-12(6-22-15)29(27)28/h2-7,9,15,22-23,25,29H,8H2,1H3,(H,24,26)/t9-,15?/m1/s1. The molecule has 1 unspecified atom stereocenters. The molecule has 1 aromatic rings. The Bertz CT molecular complexity index is 977. The Balaban J connectivity index is 1.73. The van der Waals surface area contributed by atoms with Crippen molar-refractivity contribution in [1.29, 1.82) is 0 Å². The topological polar surface area (TPSA) is 112 Å². The molecule has 2 aliphatic rings. The number of alkyl halides is 3. The average molecular weight is 429 g/mol. The number of carbonyl (C=O) groups excluding carboxylic acids is 1. The van der Waals surface area contributed by atoms with Crippen LogP contribution in [0.25, 0.3) is 5.57 Å². The van der Waals surface area contributed by atoms with E-state index in [0.717, 1.165) is 0 Å². The quantitative estimate of drug-likeness (QED) is 0.426. The maximum Gasteiger partial charge on any atom is 0.405 e. The molecule has 0 radical (unpaired) electrons. The Kier molecular flexibility index (Phi) is 5.82. The zero-order valence-corrected chi connectivity index (χ0v) is 16.0. The molecule has 1 amide bonds. The normalized spacial score (nSPS) is 19.2. The third kappa shape index (κ3) is 5.08. The molecule has 12 heteroatoms. The first-order chi connectivity index (χ1) is 13.6. The molecular weight excluding hydrogens is 411 g/mol. The summed E-state index contributed by atoms with van der Waals surface area (Å²) in [5.41, 5.74) is 2.48. The van der Waals surface area contributed by atoms with Crippen molar-refractivity contribution in [3.63, 3.8) is 0 Å². The summed E-state index contributed by atoms with van der Waals surface area (Å²) in [4.78, 5) is 16.1. The Morgan fingerprint density at radius 1 is 1.28 bits per heavy atom. The molecule has 0 aliphatic carbocycles. The minimum Gasteiger partial charge on any atom is -0.373 e. The van der Waals surface area contributed by atoms with Gasteiger partial charge in [-0.3, -0.25) is 9.78 Å². The van der Waals surface area contributed by atoms with E-state index in [2.05, 4.69) is 20.9 Å². The summed E-state index contributed by atoms with van der Waals surface area (Å²) in [5, 5.41) is 10.6. The van der Waals surface area contributed by atoms with Crippen molar-refractivity contribution >= 4 is 27.9 Å². The summed E-state index contributed by atoms with van der Waals surface area (Å²) >= 11 is 0. The number of anilines is 1. The van der Waals surface area contributed by atoms with E-state index >= 15 is 0 Å². The Hall–Kier alpha value is -3.02. The molecule has 29 heavy (non-hydrogen) atoms. The van der Waals surface area contributed by atoms with E-state index in [9.17, 15) is 26.4 Å². The van der Waals surface area contributed by atoms with E-state index in [1.807, 2.05) is 5.32 Å². The van der Waals surface area contributed by atoms with Gasteiger partial charge in [0.1, 0.15) is 18.8 Å². The number of pyridine rings is 1. The van der Waals surface area contributed by atoms with Crippen LogP contribution in [0, 0.1) is 0 Å². The van der Waals surface area contributed by atoms with E-state index in [0.29, 0.717) is 22.4 Å². The number of amides is 1. The van der Waals surface area contributed by atoms with Crippen molar-refractivity contribution < 1.29 is 26.4 Å². The second-order valence-corrected chi connectivity index (χ2v) is 7.44. The SMILES string of the molecule is C[C@@H](Nc1cncc(C2=CNC3NC=C([SH](=O)=O)C=C23)c1)C(=O)NCC(F)(F)F. The maximum absolute atomic E-state index is 12.2. The van der Waals surface area contributed by atoms with Gasteiger partial charge >= 0.3 is 6.18 Å². The number of nitrogens with one attached hydrogen (secondary N) is 4. The van der Waals surface area contributed by atoms with Crippen molar-refractivity contribution in [2.75, 3.05) is 11.9 Å². The summed E-state index contributed by atoms with van der Waals surface area (Å²) in [6, 6.07) is 0.749. The van der Waals surface area contributed by atoms with E-state index in [-0.39, 0.29) is 11.1 Å². The maximum atomic E-state index is 12.2. The highest BCUT2D eigenvalue weighted by Gasteiger charge is 2.29. The zero-order valence-electron chi connectivity index (χ0n) is 15.1. The first kappa shape index (κ1) is 20.7. The molecule has 8 nitrogen and oxygen atoms in total. The number of carbonyl (C=O) groups is 1. The van der Waals surface area contributed by atoms with Crippen LogP contribution in [0.3, 0.4) is 0 Å². The van der Waals surface area contributed by atoms with Crippen LogP contribution >= 0.6 is 0 Å². The van der Waals surface area contributed by atoms with Gasteiger partial charge in [-0.05, 0) is 19.1 Å². The lowest BCUT2D eigenvalue weighted by Crippen LogP contribution is -2.42. The van der Waals surface area contributed by atoms with Crippen molar-refractivity contribution in [3.8, 4) is 0 Å². The summed E-state index contributed by atoms with van der Waals surface area (Å²) in [7, 11) is -2.75. The van der Waals surface area contributed by atoms with Gasteiger partial charge in [0, 0.05) is 41.5 Å². The number of fused-ring (bicyclic) bond motifs is 1. The number of thiol groups is 1. The number of nitrogens with zero attached hydrogens (tertiary/aromatic N) is 1. The lowest BCUT2D eigenvalue weighted by molar-refractivity contribution is -0.138. The number of allylic oxidation sites excluding steroid dienone is 1. The molecule has 3 heterocycles. The highest BCUT2D eigenvalue weighted by atomic mass is 32.2. The average Bonchev–Trinajstić information content (AvgIpc) is 3.08. The highest BCUT2D eigenvalue weighted by Crippen LogP contribution is 2.32. The largest absolute Gasteiger partial charge is 0.405 e. The van der Waals surface area contributed by atoms with Gasteiger partial charge in [-0.15, -0.1) is 0 Å². The number of hydrogen-bond acceptors (Lipinski definition) is 7. The van der Waals surface area contributed by atoms with Crippen LogP contribution in [0.1, 0.15) is 12.5 Å². The van der Waals surface area contributed by atoms with E-state index < -0.39 is 35.4 Å². The molecule has 0 bridgehead atoms. The van der Waals surface area contributed by atoms with Gasteiger partial charge in [-0.1, -0.05) is 0 Å². The molecule has 0 aromatic carbocycles. The van der Waals surface area contributed by atoms with Crippen LogP contribution in [0.5, 0.6) is 0 Å². The van der Waals surface area contributed by atoms with E-state index in [1.165, 1.54) is 19.3 Å². The van der Waals surface area contributed by atoms with Crippen molar-refractivity contribution in [2.45, 2.75) is 25.3 Å². The Labute approximate surface area is 165 Å². The lowest BCUT2D eigenvalue weighted by Gasteiger charge is -2.20. The molecule has 156 valence electrons. The highest BCUT2D eigenvalue weighted by molar-refractivity contribution is 7.77. The first-order valence-electron chi connectivity index (χ1n) is 8.49. The van der Waals surface area contributed by atoms with Gasteiger partial charge in [-0.25, -0.2) is 8.42 Å². The van der Waals surface area contributed by atoms with Crippen LogP contribution in [0.15, 0.2) is 47.4 Å². The smallest absolute Gasteiger partial charge is 0.373 e. The van der Waals surface area contributed by atoms with Crippen molar-refractivity contribution in [3.05, 3.63) is 53.0 Å². The van der Waals surface area contributed by atoms with Gasteiger partial charge in [0.15, 0.2) is 10.7 Å². The molecule has 0 saturated carbocycles. The van der Waals surface area contributed by atoms with Crippen LogP contribution in [0.2, 0.25) is 0 Å². The summed E-state index contributed by atoms with van der Waals surface area (Å²) in [5.74, 6) is -0.803. The molecule has 3 rings (SSSR count). The van der Waals surface area contributed by atoms with Gasteiger partial charge in [-0.2, -0.15) is 13.2 Å². The van der Waals surface area contributed by atoms with Crippen LogP contribution in [-0.2, 0) is 15.5 Å². The number of hydrogen-bond donors (Lipinski definition) is 5. The fraction of sp³-hybridized carbons (Fsp3) is 0.294. The first-order valence-corrected chi connectivity index (χ1v) is 9.67. The third-order valence-corrected chi connectivity index (χ3v) is 4.90. The monoisotopic (exact) mass is 429 g/mol. The number of halogens is 3. The van der Waals surface area contributed by atoms with Gasteiger partial charge in [0.05, 0.1) is 10.6 Å². The van der Waals surface area contributed by atoms with Crippen molar-refractivity contribution in [1.82, 2.24) is 20.9 Å². The third-order valence-electron chi connectivity index (χ3n) is 4.22. The molecule has 2 atom stereocenters. The number of dihydropyridines is 1. The molecule has 0 fully saturated rings. The number of aromatic nitrogens is 1. The molecule has 4 N–H and O–H groups in total. The Morgan fingerprint density at radius 3 is 2.69 bits per heavy atom. The second-order valence-electron chi connectivity index (χ2n) is 6.41. The predicted octanol–water partition coefficient (Wildman–Crippen LogP) is 0.813. The molecular formula is C17H18F3N5O3S. The van der Waals surface area contributed by atoms with E-state index in [4.69, 9.17) is 0 Å². The van der Waals surface area contributed by atoms with Crippen molar-refractivity contribution in [2.24, 2.45) is 0 Å². The van der Waals surface area contributed by atoms with Crippen LogP contribution in [-0.4, -0.2) is 44.2 Å². The minimum atomic E-state index is -4.49. The van der Waals surface area contributed by atoms with Gasteiger partial charge in [0.25, 0.3) is 0 Å². The van der Waals surface area contributed by atoms with Crippen LogP contribution in [0.4, 0.5) is 18.9 Å². The molecule has 2 aliphatic heterocycles. The summed E-state index contributed by atoms with van der Waals surface area (Å²) < 4.78 is 59.2. The summed E-state index contributed by atoms with van der Waals surface area (Å²) in [6.45, 7) is 0.0231.